The summed E-state index contributed by atoms with van der Waals surface area (Å²) in [5.41, 5.74) is 7.21. The number of nitrogens with one attached hydrogen (secondary N) is 2. The van der Waals surface area contributed by atoms with Gasteiger partial charge in [0.25, 0.3) is 0 Å². The van der Waals surface area contributed by atoms with Gasteiger partial charge in [-0.2, -0.15) is 0 Å². The Labute approximate surface area is 122 Å². The summed E-state index contributed by atoms with van der Waals surface area (Å²) in [4.78, 5) is 35.0. The molecule has 1 fully saturated rings. The Morgan fingerprint density at radius 2 is 2.00 bits per heavy atom. The van der Waals surface area contributed by atoms with E-state index in [1.165, 1.54) is 0 Å². The second-order valence-electron chi connectivity index (χ2n) is 5.59. The van der Waals surface area contributed by atoms with Crippen molar-refractivity contribution in [3.63, 3.8) is 0 Å². The highest BCUT2D eigenvalue weighted by Gasteiger charge is 2.39. The standard InChI is InChI=1S/C15H17N3O3/c16-14(20)10-7-12(9-5-6-13(19)18-15(9)21)17-11-4-2-1-3-8(10)11/h1-4,9-10,12,17H,5-7H2,(H2,16,20)(H,18,19,21)/t9-,10?,12?/m0/s1. The van der Waals surface area contributed by atoms with Crippen molar-refractivity contribution in [1.29, 1.82) is 0 Å². The van der Waals surface area contributed by atoms with Crippen LogP contribution in [0.15, 0.2) is 24.3 Å². The lowest BCUT2D eigenvalue weighted by atomic mass is 9.79. The average Bonchev–Trinajstić information content (AvgIpc) is 2.46. The Kier molecular flexibility index (Phi) is 3.37. The molecule has 2 aliphatic heterocycles. The topological polar surface area (TPSA) is 101 Å². The van der Waals surface area contributed by atoms with Crippen molar-refractivity contribution in [2.75, 3.05) is 5.32 Å². The molecule has 0 bridgehead atoms. The quantitative estimate of drug-likeness (QED) is 0.689. The molecule has 3 rings (SSSR count). The summed E-state index contributed by atoms with van der Waals surface area (Å²) in [7, 11) is 0. The second kappa shape index (κ2) is 5.20. The van der Waals surface area contributed by atoms with E-state index in [4.69, 9.17) is 5.73 Å². The van der Waals surface area contributed by atoms with E-state index in [1.807, 2.05) is 24.3 Å². The number of hydrogen-bond acceptors (Lipinski definition) is 4. The number of carbonyl (C=O) groups is 3. The minimum absolute atomic E-state index is 0.189. The molecule has 110 valence electrons. The van der Waals surface area contributed by atoms with Gasteiger partial charge in [0.1, 0.15) is 0 Å². The third-order valence-electron chi connectivity index (χ3n) is 4.28. The van der Waals surface area contributed by atoms with Crippen LogP contribution in [0.5, 0.6) is 0 Å². The molecular formula is C15H17N3O3. The van der Waals surface area contributed by atoms with Crippen LogP contribution < -0.4 is 16.4 Å². The SMILES string of the molecule is NC(=O)C1CC([C@@H]2CCC(=O)NC2=O)Nc2ccccc21. The fraction of sp³-hybridized carbons (Fsp3) is 0.400. The minimum Gasteiger partial charge on any atom is -0.381 e. The number of para-hydroxylation sites is 1. The van der Waals surface area contributed by atoms with E-state index in [1.54, 1.807) is 0 Å². The van der Waals surface area contributed by atoms with Crippen LogP contribution in [0.25, 0.3) is 0 Å². The first-order valence-corrected chi connectivity index (χ1v) is 7.04. The molecule has 2 aliphatic rings. The molecule has 0 aliphatic carbocycles. The van der Waals surface area contributed by atoms with Gasteiger partial charge in [0.2, 0.25) is 17.7 Å². The first-order chi connectivity index (χ1) is 10.1. The molecule has 4 N–H and O–H groups in total. The van der Waals surface area contributed by atoms with Gasteiger partial charge in [-0.1, -0.05) is 18.2 Å². The second-order valence-corrected chi connectivity index (χ2v) is 5.59. The Morgan fingerprint density at radius 1 is 1.24 bits per heavy atom. The molecule has 0 saturated carbocycles. The fourth-order valence-corrected chi connectivity index (χ4v) is 3.20. The van der Waals surface area contributed by atoms with Gasteiger partial charge in [-0.3, -0.25) is 19.7 Å². The molecule has 1 aromatic carbocycles. The van der Waals surface area contributed by atoms with Crippen molar-refractivity contribution < 1.29 is 14.4 Å². The summed E-state index contributed by atoms with van der Waals surface area (Å²) in [6.45, 7) is 0. The molecule has 0 aromatic heterocycles. The van der Waals surface area contributed by atoms with Crippen molar-refractivity contribution in [3.8, 4) is 0 Å². The van der Waals surface area contributed by atoms with Crippen molar-refractivity contribution in [2.45, 2.75) is 31.2 Å². The molecular weight excluding hydrogens is 270 g/mol. The molecule has 6 heteroatoms. The van der Waals surface area contributed by atoms with Crippen LogP contribution >= 0.6 is 0 Å². The van der Waals surface area contributed by atoms with Gasteiger partial charge in [-0.15, -0.1) is 0 Å². The van der Waals surface area contributed by atoms with Crippen LogP contribution in [0, 0.1) is 5.92 Å². The van der Waals surface area contributed by atoms with E-state index in [2.05, 4.69) is 10.6 Å². The fourth-order valence-electron chi connectivity index (χ4n) is 3.20. The predicted octanol–water partition coefficient (Wildman–Crippen LogP) is 0.493. The van der Waals surface area contributed by atoms with E-state index in [0.29, 0.717) is 19.3 Å². The molecule has 2 heterocycles. The average molecular weight is 287 g/mol. The third kappa shape index (κ3) is 2.49. The van der Waals surface area contributed by atoms with E-state index < -0.39 is 5.92 Å². The van der Waals surface area contributed by atoms with Crippen LogP contribution in [0.3, 0.4) is 0 Å². The first kappa shape index (κ1) is 13.6. The number of benzene rings is 1. The molecule has 2 unspecified atom stereocenters. The van der Waals surface area contributed by atoms with Crippen molar-refractivity contribution in [2.24, 2.45) is 11.7 Å². The van der Waals surface area contributed by atoms with E-state index in [9.17, 15) is 14.4 Å². The summed E-state index contributed by atoms with van der Waals surface area (Å²) in [6, 6.07) is 7.30. The highest BCUT2D eigenvalue weighted by molar-refractivity contribution is 5.99. The number of rotatable bonds is 2. The predicted molar refractivity (Wildman–Crippen MR) is 76.3 cm³/mol. The highest BCUT2D eigenvalue weighted by Crippen LogP contribution is 2.37. The normalized spacial score (nSPS) is 28.3. The minimum atomic E-state index is -0.405. The number of anilines is 1. The van der Waals surface area contributed by atoms with Gasteiger partial charge in [0.15, 0.2) is 0 Å². The van der Waals surface area contributed by atoms with Crippen molar-refractivity contribution in [1.82, 2.24) is 5.32 Å². The largest absolute Gasteiger partial charge is 0.381 e. The molecule has 1 saturated heterocycles. The molecule has 1 aromatic rings. The Bertz CT molecular complexity index is 614. The zero-order valence-electron chi connectivity index (χ0n) is 11.5. The van der Waals surface area contributed by atoms with Crippen LogP contribution in [-0.4, -0.2) is 23.8 Å². The monoisotopic (exact) mass is 287 g/mol. The Balaban J connectivity index is 1.88. The van der Waals surface area contributed by atoms with Crippen LogP contribution in [0.4, 0.5) is 5.69 Å². The van der Waals surface area contributed by atoms with Crippen LogP contribution in [0.1, 0.15) is 30.7 Å². The summed E-state index contributed by atoms with van der Waals surface area (Å²) >= 11 is 0. The third-order valence-corrected chi connectivity index (χ3v) is 4.28. The summed E-state index contributed by atoms with van der Waals surface area (Å²) in [6.07, 6.45) is 1.30. The van der Waals surface area contributed by atoms with Gasteiger partial charge in [0, 0.05) is 18.2 Å². The van der Waals surface area contributed by atoms with E-state index in [0.717, 1.165) is 11.3 Å². The van der Waals surface area contributed by atoms with Crippen molar-refractivity contribution >= 4 is 23.4 Å². The lowest BCUT2D eigenvalue weighted by molar-refractivity contribution is -0.137. The summed E-state index contributed by atoms with van der Waals surface area (Å²) in [5, 5.41) is 5.68. The number of nitrogens with two attached hydrogens (primary N) is 1. The number of carbonyl (C=O) groups excluding carboxylic acids is 3. The van der Waals surface area contributed by atoms with Gasteiger partial charge in [-0.05, 0) is 24.5 Å². The first-order valence-electron chi connectivity index (χ1n) is 7.04. The number of fused-ring (bicyclic) bond motifs is 1. The van der Waals surface area contributed by atoms with Crippen LogP contribution in [-0.2, 0) is 14.4 Å². The molecule has 3 atom stereocenters. The zero-order valence-corrected chi connectivity index (χ0v) is 11.5. The van der Waals surface area contributed by atoms with Gasteiger partial charge < -0.3 is 11.1 Å². The van der Waals surface area contributed by atoms with E-state index in [-0.39, 0.29) is 29.7 Å². The maximum Gasteiger partial charge on any atom is 0.231 e. The summed E-state index contributed by atoms with van der Waals surface area (Å²) in [5.74, 6) is -1.62. The molecule has 0 spiro atoms. The maximum atomic E-state index is 12.0. The van der Waals surface area contributed by atoms with Gasteiger partial charge >= 0.3 is 0 Å². The number of hydrogen-bond donors (Lipinski definition) is 3. The summed E-state index contributed by atoms with van der Waals surface area (Å²) < 4.78 is 0. The Hall–Kier alpha value is -2.37. The van der Waals surface area contributed by atoms with Crippen molar-refractivity contribution in [3.05, 3.63) is 29.8 Å². The van der Waals surface area contributed by atoms with Gasteiger partial charge in [-0.25, -0.2) is 0 Å². The van der Waals surface area contributed by atoms with Crippen LogP contribution in [0.2, 0.25) is 0 Å². The maximum absolute atomic E-state index is 12.0. The highest BCUT2D eigenvalue weighted by atomic mass is 16.2. The molecule has 3 amide bonds. The smallest absolute Gasteiger partial charge is 0.231 e. The number of imide groups is 1. The molecule has 0 radical (unpaired) electrons. The lowest BCUT2D eigenvalue weighted by Crippen LogP contribution is -2.49. The Morgan fingerprint density at radius 3 is 2.71 bits per heavy atom. The molecule has 21 heavy (non-hydrogen) atoms. The zero-order chi connectivity index (χ0) is 15.0. The number of primary amides is 1. The van der Waals surface area contributed by atoms with E-state index >= 15 is 0 Å². The van der Waals surface area contributed by atoms with Gasteiger partial charge in [0.05, 0.1) is 11.8 Å². The lowest BCUT2D eigenvalue weighted by Gasteiger charge is -2.37. The number of piperidine rings is 1. The molecule has 6 nitrogen and oxygen atoms in total. The number of amides is 3.